The van der Waals surface area contributed by atoms with E-state index in [0.29, 0.717) is 49.4 Å². The van der Waals surface area contributed by atoms with Gasteiger partial charge >= 0.3 is 0 Å². The van der Waals surface area contributed by atoms with Crippen molar-refractivity contribution in [3.05, 3.63) is 41.4 Å². The number of rotatable bonds is 8. The summed E-state index contributed by atoms with van der Waals surface area (Å²) in [6, 6.07) is 9.18. The van der Waals surface area contributed by atoms with Crippen LogP contribution in [0.5, 0.6) is 11.5 Å². The number of hydrogen-bond donors (Lipinski definition) is 1. The van der Waals surface area contributed by atoms with E-state index >= 15 is 0 Å². The zero-order valence-corrected chi connectivity index (χ0v) is 18.4. The predicted molar refractivity (Wildman–Crippen MR) is 120 cm³/mol. The highest BCUT2D eigenvalue weighted by atomic mass is 32.1. The topological polar surface area (TPSA) is 86.1 Å². The lowest BCUT2D eigenvalue weighted by molar-refractivity contribution is 0.101. The molecule has 1 aliphatic rings. The molecule has 1 amide bonds. The second-order valence-electron chi connectivity index (χ2n) is 6.79. The van der Waals surface area contributed by atoms with E-state index < -0.39 is 0 Å². The predicted octanol–water partition coefficient (Wildman–Crippen LogP) is 4.29. The van der Waals surface area contributed by atoms with Gasteiger partial charge in [-0.05, 0) is 25.3 Å². The van der Waals surface area contributed by atoms with Crippen molar-refractivity contribution in [3.8, 4) is 22.1 Å². The Morgan fingerprint density at radius 1 is 1.16 bits per heavy atom. The third-order valence-corrected chi connectivity index (χ3v) is 5.65. The molecule has 0 spiro atoms. The molecule has 1 fully saturated rings. The average molecular weight is 444 g/mol. The van der Waals surface area contributed by atoms with E-state index in [2.05, 4.69) is 15.4 Å². The van der Waals surface area contributed by atoms with E-state index in [4.69, 9.17) is 18.7 Å². The molecule has 1 aliphatic heterocycles. The summed E-state index contributed by atoms with van der Waals surface area (Å²) in [6.45, 7) is 7.65. The molecular weight excluding hydrogens is 418 g/mol. The number of thiophene rings is 1. The summed E-state index contributed by atoms with van der Waals surface area (Å²) in [5, 5.41) is 8.75. The first-order valence-electron chi connectivity index (χ1n) is 10.3. The highest BCUT2D eigenvalue weighted by Crippen LogP contribution is 2.39. The monoisotopic (exact) mass is 443 g/mol. The summed E-state index contributed by atoms with van der Waals surface area (Å²) in [5.74, 6) is 1.43. The van der Waals surface area contributed by atoms with Gasteiger partial charge in [0.2, 0.25) is 0 Å². The zero-order valence-electron chi connectivity index (χ0n) is 17.6. The third kappa shape index (κ3) is 4.83. The van der Waals surface area contributed by atoms with E-state index in [0.717, 1.165) is 23.7 Å². The molecule has 164 valence electrons. The highest BCUT2D eigenvalue weighted by Gasteiger charge is 2.22. The van der Waals surface area contributed by atoms with Crippen LogP contribution < -0.4 is 19.7 Å². The number of anilines is 2. The number of nitrogens with zero attached hydrogens (tertiary/aromatic N) is 2. The third-order valence-electron chi connectivity index (χ3n) is 4.77. The molecule has 0 atom stereocenters. The largest absolute Gasteiger partial charge is 0.492 e. The van der Waals surface area contributed by atoms with Crippen molar-refractivity contribution >= 4 is 28.6 Å². The second kappa shape index (κ2) is 9.84. The molecule has 8 nitrogen and oxygen atoms in total. The fourth-order valence-electron chi connectivity index (χ4n) is 3.35. The van der Waals surface area contributed by atoms with Gasteiger partial charge in [-0.2, -0.15) is 0 Å². The van der Waals surface area contributed by atoms with Crippen molar-refractivity contribution < 1.29 is 23.5 Å². The normalized spacial score (nSPS) is 13.8. The maximum atomic E-state index is 12.9. The lowest BCUT2D eigenvalue weighted by Crippen LogP contribution is -2.36. The Hall–Kier alpha value is -3.04. The molecule has 31 heavy (non-hydrogen) atoms. The van der Waals surface area contributed by atoms with E-state index in [1.807, 2.05) is 37.4 Å². The fraction of sp³-hybridized carbons (Fsp3) is 0.364. The van der Waals surface area contributed by atoms with Crippen molar-refractivity contribution in [2.45, 2.75) is 13.8 Å². The van der Waals surface area contributed by atoms with Crippen LogP contribution in [0, 0.1) is 0 Å². The number of amides is 1. The molecule has 0 saturated carbocycles. The van der Waals surface area contributed by atoms with Crippen LogP contribution in [0.4, 0.5) is 11.4 Å². The minimum Gasteiger partial charge on any atom is -0.492 e. The first-order valence-corrected chi connectivity index (χ1v) is 11.2. The molecule has 1 aromatic carbocycles. The van der Waals surface area contributed by atoms with Gasteiger partial charge in [0.05, 0.1) is 42.7 Å². The summed E-state index contributed by atoms with van der Waals surface area (Å²) in [6.07, 6.45) is 0. The number of aromatic nitrogens is 1. The van der Waals surface area contributed by atoms with Gasteiger partial charge in [-0.25, -0.2) is 0 Å². The summed E-state index contributed by atoms with van der Waals surface area (Å²) < 4.78 is 22.5. The Kier molecular flexibility index (Phi) is 6.73. The Labute approximate surface area is 184 Å². The van der Waals surface area contributed by atoms with Crippen LogP contribution in [-0.2, 0) is 4.74 Å². The molecule has 9 heteroatoms. The van der Waals surface area contributed by atoms with Crippen LogP contribution in [0.3, 0.4) is 0 Å². The Balaban J connectivity index is 1.61. The fourth-order valence-corrected chi connectivity index (χ4v) is 4.02. The molecule has 1 N–H and O–H groups in total. The van der Waals surface area contributed by atoms with E-state index in [1.54, 1.807) is 12.1 Å². The lowest BCUT2D eigenvalue weighted by Gasteiger charge is -2.31. The summed E-state index contributed by atoms with van der Waals surface area (Å²) in [7, 11) is 0. The van der Waals surface area contributed by atoms with Gasteiger partial charge < -0.3 is 29.0 Å². The smallest absolute Gasteiger partial charge is 0.277 e. The minimum absolute atomic E-state index is 0.195. The van der Waals surface area contributed by atoms with E-state index in [9.17, 15) is 4.79 Å². The van der Waals surface area contributed by atoms with Gasteiger partial charge in [0, 0.05) is 31.3 Å². The van der Waals surface area contributed by atoms with Gasteiger partial charge in [-0.15, -0.1) is 11.3 Å². The van der Waals surface area contributed by atoms with Crippen LogP contribution in [0.25, 0.3) is 10.6 Å². The van der Waals surface area contributed by atoms with Crippen LogP contribution in [0.15, 0.2) is 40.2 Å². The number of morpholine rings is 1. The number of hydrogen-bond acceptors (Lipinski definition) is 8. The summed E-state index contributed by atoms with van der Waals surface area (Å²) >= 11 is 1.52. The van der Waals surface area contributed by atoms with Gasteiger partial charge in [-0.1, -0.05) is 11.2 Å². The molecule has 4 rings (SSSR count). The molecule has 3 heterocycles. The van der Waals surface area contributed by atoms with E-state index in [1.165, 1.54) is 11.3 Å². The molecule has 0 bridgehead atoms. The molecule has 0 aliphatic carbocycles. The Morgan fingerprint density at radius 2 is 1.94 bits per heavy atom. The van der Waals surface area contributed by atoms with Gasteiger partial charge in [0.15, 0.2) is 11.5 Å². The van der Waals surface area contributed by atoms with E-state index in [-0.39, 0.29) is 11.6 Å². The highest BCUT2D eigenvalue weighted by molar-refractivity contribution is 7.13. The number of benzene rings is 1. The molecule has 1 saturated heterocycles. The van der Waals surface area contributed by atoms with Crippen LogP contribution in [0.2, 0.25) is 0 Å². The average Bonchev–Trinajstić information content (AvgIpc) is 3.48. The standard InChI is InChI=1S/C22H25N3O5S/c1-3-28-18-14-17(25-7-9-27-10-8-25)19(29-4-2)12-15(18)23-22(26)16-13-20(30-24-16)21-6-5-11-31-21/h5-6,11-14H,3-4,7-10H2,1-2H3,(H,23,26). The van der Waals surface area contributed by atoms with Crippen molar-refractivity contribution in [3.63, 3.8) is 0 Å². The van der Waals surface area contributed by atoms with Crippen molar-refractivity contribution in [2.75, 3.05) is 49.7 Å². The van der Waals surface area contributed by atoms with Gasteiger partial charge in [0.1, 0.15) is 11.5 Å². The molecule has 0 unspecified atom stereocenters. The first-order chi connectivity index (χ1) is 15.2. The molecule has 3 aromatic rings. The second-order valence-corrected chi connectivity index (χ2v) is 7.74. The van der Waals surface area contributed by atoms with Crippen molar-refractivity contribution in [1.82, 2.24) is 5.16 Å². The van der Waals surface area contributed by atoms with Gasteiger partial charge in [0.25, 0.3) is 5.91 Å². The Bertz CT molecular complexity index is 1010. The zero-order chi connectivity index (χ0) is 21.6. The lowest BCUT2D eigenvalue weighted by atomic mass is 10.2. The summed E-state index contributed by atoms with van der Waals surface area (Å²) in [5.41, 5.74) is 1.64. The molecule has 2 aromatic heterocycles. The maximum absolute atomic E-state index is 12.9. The number of ether oxygens (including phenoxy) is 3. The van der Waals surface area contributed by atoms with Crippen LogP contribution in [-0.4, -0.2) is 50.6 Å². The number of nitrogens with one attached hydrogen (secondary N) is 1. The summed E-state index contributed by atoms with van der Waals surface area (Å²) in [4.78, 5) is 16.0. The first kappa shape index (κ1) is 21.2. The quantitative estimate of drug-likeness (QED) is 0.556. The van der Waals surface area contributed by atoms with Gasteiger partial charge in [-0.3, -0.25) is 4.79 Å². The Morgan fingerprint density at radius 3 is 2.65 bits per heavy atom. The SMILES string of the molecule is CCOc1cc(N2CCOCC2)c(OCC)cc1NC(=O)c1cc(-c2cccs2)on1. The van der Waals surface area contributed by atoms with Crippen LogP contribution in [0.1, 0.15) is 24.3 Å². The number of carbonyl (C=O) groups excluding carboxylic acids is 1. The number of carbonyl (C=O) groups is 1. The van der Waals surface area contributed by atoms with Crippen molar-refractivity contribution in [2.24, 2.45) is 0 Å². The van der Waals surface area contributed by atoms with Crippen molar-refractivity contribution in [1.29, 1.82) is 0 Å². The van der Waals surface area contributed by atoms with Crippen LogP contribution >= 0.6 is 11.3 Å². The molecule has 0 radical (unpaired) electrons. The maximum Gasteiger partial charge on any atom is 0.277 e. The minimum atomic E-state index is -0.380. The molecular formula is C22H25N3O5S.